The molecule has 2 aromatic carbocycles. The van der Waals surface area contributed by atoms with Crippen LogP contribution in [-0.4, -0.2) is 60.5 Å². The van der Waals surface area contributed by atoms with E-state index in [0.717, 1.165) is 40.4 Å². The molecule has 0 amide bonds. The number of anilines is 3. The first-order valence-electron chi connectivity index (χ1n) is 13.5. The Hall–Kier alpha value is -5.21. The average Bonchev–Trinajstić information content (AvgIpc) is 3.89. The van der Waals surface area contributed by atoms with Gasteiger partial charge in [0.25, 0.3) is 0 Å². The highest BCUT2D eigenvalue weighted by molar-refractivity contribution is 6.36. The summed E-state index contributed by atoms with van der Waals surface area (Å²) in [5, 5.41) is 24.9. The van der Waals surface area contributed by atoms with Gasteiger partial charge in [0, 0.05) is 54.0 Å². The minimum absolute atomic E-state index is 0. The fourth-order valence-corrected chi connectivity index (χ4v) is 4.99. The molecule has 8 rings (SSSR count). The van der Waals surface area contributed by atoms with Crippen LogP contribution in [0.1, 0.15) is 29.5 Å². The number of aromatic amines is 1. The van der Waals surface area contributed by atoms with E-state index in [1.165, 1.54) is 17.8 Å². The molecule has 16 heteroatoms. The third kappa shape index (κ3) is 7.66. The first kappa shape index (κ1) is 37.2. The summed E-state index contributed by atoms with van der Waals surface area (Å²) in [5.41, 5.74) is 10.8. The largest absolute Gasteiger partial charge is 0.483 e. The Bertz CT molecular complexity index is 2180. The summed E-state index contributed by atoms with van der Waals surface area (Å²) in [6, 6.07) is 10.7. The van der Waals surface area contributed by atoms with Gasteiger partial charge in [0.2, 0.25) is 11.7 Å². The van der Waals surface area contributed by atoms with Crippen molar-refractivity contribution < 1.29 is 23.8 Å². The number of hydrogen-bond acceptors (Lipinski definition) is 11. The number of aliphatic hydroxyl groups excluding tert-OH is 1. The van der Waals surface area contributed by atoms with E-state index in [-0.39, 0.29) is 38.1 Å². The monoisotopic (exact) mass is 712 g/mol. The Kier molecular flexibility index (Phi) is 12.9. The van der Waals surface area contributed by atoms with Gasteiger partial charge in [-0.3, -0.25) is 24.7 Å². The maximum absolute atomic E-state index is 11.2. The summed E-state index contributed by atoms with van der Waals surface area (Å²) in [5.74, 6) is 0.456. The van der Waals surface area contributed by atoms with Crippen molar-refractivity contribution >= 4 is 97.1 Å². The standard InChI is InChI=1S/C14H9ClN4O.C9H8ClN3O.C7H5NO2.CH4O.CH4.ClH/c15-10-1-2-11(9-5-17-19-14(9)10)18-12-7-20-13-6-16-4-3-8(12)13;1-5(14)13-9-6(4-12-13)8(11)3-2-7(9)10;9-6-4-10-7-3-8-2-1-5(6)7;1-2;;/h1-7,18H,(H,17,19);2-4H,11H2,1H3;1-3H,4H2;2H,1H3;1H4;1H. The Morgan fingerprint density at radius 2 is 1.69 bits per heavy atom. The van der Waals surface area contributed by atoms with Crippen LogP contribution < -0.4 is 15.8 Å². The number of carbonyl (C=O) groups is 2. The van der Waals surface area contributed by atoms with Crippen molar-refractivity contribution in [3.8, 4) is 5.75 Å². The van der Waals surface area contributed by atoms with E-state index < -0.39 is 0 Å². The van der Waals surface area contributed by atoms with E-state index in [1.807, 2.05) is 18.2 Å². The van der Waals surface area contributed by atoms with Crippen LogP contribution in [0.2, 0.25) is 10.0 Å². The van der Waals surface area contributed by atoms with Crippen molar-refractivity contribution in [2.45, 2.75) is 14.4 Å². The number of aliphatic hydroxyl groups is 1. The Morgan fingerprint density at radius 3 is 2.44 bits per heavy atom. The number of furan rings is 1. The zero-order valence-electron chi connectivity index (χ0n) is 24.8. The fourth-order valence-electron chi connectivity index (χ4n) is 4.54. The zero-order valence-corrected chi connectivity index (χ0v) is 27.1. The number of ether oxygens (including phenoxy) is 1. The summed E-state index contributed by atoms with van der Waals surface area (Å²) >= 11 is 12.1. The van der Waals surface area contributed by atoms with E-state index in [4.69, 9.17) is 43.2 Å². The van der Waals surface area contributed by atoms with Crippen LogP contribution in [0, 0.1) is 0 Å². The maximum Gasteiger partial charge on any atom is 0.244 e. The molecule has 0 bridgehead atoms. The zero-order chi connectivity index (χ0) is 32.8. The summed E-state index contributed by atoms with van der Waals surface area (Å²) < 4.78 is 11.7. The topological polar surface area (TPSA) is 187 Å². The first-order valence-corrected chi connectivity index (χ1v) is 14.2. The summed E-state index contributed by atoms with van der Waals surface area (Å²) in [6.07, 6.45) is 11.5. The van der Waals surface area contributed by atoms with Crippen LogP contribution in [0.25, 0.3) is 32.8 Å². The number of Topliss-reactive ketones (excluding diaryl/α,β-unsaturated/α-hetero) is 1. The molecule has 48 heavy (non-hydrogen) atoms. The number of rotatable bonds is 2. The van der Waals surface area contributed by atoms with Crippen LogP contribution in [0.3, 0.4) is 0 Å². The number of halogens is 3. The van der Waals surface area contributed by atoms with Crippen molar-refractivity contribution in [1.29, 1.82) is 0 Å². The normalized spacial score (nSPS) is 11.0. The van der Waals surface area contributed by atoms with Crippen LogP contribution in [0.4, 0.5) is 17.1 Å². The first-order chi connectivity index (χ1) is 22.3. The lowest BCUT2D eigenvalue weighted by Crippen LogP contribution is -2.07. The molecule has 0 saturated carbocycles. The number of nitrogens with two attached hydrogens (primary N) is 1. The summed E-state index contributed by atoms with van der Waals surface area (Å²) in [4.78, 5) is 29.9. The molecule has 13 nitrogen and oxygen atoms in total. The number of hydrogen-bond donors (Lipinski definition) is 4. The number of carbonyl (C=O) groups excluding carboxylic acids is 2. The highest BCUT2D eigenvalue weighted by Gasteiger charge is 2.19. The molecular formula is C32H31Cl3N8O5. The van der Waals surface area contributed by atoms with Gasteiger partial charge in [-0.1, -0.05) is 30.6 Å². The van der Waals surface area contributed by atoms with Crippen LogP contribution in [0.5, 0.6) is 5.75 Å². The highest BCUT2D eigenvalue weighted by atomic mass is 35.5. The van der Waals surface area contributed by atoms with Crippen molar-refractivity contribution in [3.63, 3.8) is 0 Å². The van der Waals surface area contributed by atoms with Gasteiger partial charge in [-0.05, 0) is 36.4 Å². The van der Waals surface area contributed by atoms with Gasteiger partial charge in [-0.15, -0.1) is 12.4 Å². The SMILES string of the molecule is C.CC(=O)n1ncc2c(N)ccc(Cl)c21.CO.Cl.Clc1ccc(Nc2coc3cnccc23)c2cn[nH]c12.O=C1COc2cnccc21. The van der Waals surface area contributed by atoms with Gasteiger partial charge >= 0.3 is 0 Å². The Balaban J connectivity index is 0.000000197. The molecule has 250 valence electrons. The molecule has 1 aliphatic heterocycles. The van der Waals surface area contributed by atoms with E-state index in [9.17, 15) is 9.59 Å². The number of ketones is 1. The number of fused-ring (bicyclic) bond motifs is 4. The van der Waals surface area contributed by atoms with Gasteiger partial charge in [0.1, 0.15) is 12.0 Å². The minimum Gasteiger partial charge on any atom is -0.483 e. The molecule has 0 atom stereocenters. The lowest BCUT2D eigenvalue weighted by atomic mass is 10.2. The molecule has 1 aliphatic rings. The number of nitrogen functional groups attached to an aromatic ring is 1. The third-order valence-electron chi connectivity index (χ3n) is 6.67. The number of nitrogens with one attached hydrogen (secondary N) is 2. The second kappa shape index (κ2) is 16.6. The molecule has 5 aromatic heterocycles. The van der Waals surface area contributed by atoms with Crippen molar-refractivity contribution in [1.82, 2.24) is 29.9 Å². The van der Waals surface area contributed by atoms with Gasteiger partial charge < -0.3 is 25.3 Å². The molecule has 7 aromatic rings. The van der Waals surface area contributed by atoms with Gasteiger partial charge in [-0.2, -0.15) is 14.9 Å². The molecule has 5 N–H and O–H groups in total. The van der Waals surface area contributed by atoms with Crippen LogP contribution in [-0.2, 0) is 0 Å². The maximum atomic E-state index is 11.2. The van der Waals surface area contributed by atoms with Gasteiger partial charge in [0.15, 0.2) is 12.2 Å². The molecule has 6 heterocycles. The van der Waals surface area contributed by atoms with E-state index in [0.29, 0.717) is 37.9 Å². The smallest absolute Gasteiger partial charge is 0.244 e. The molecule has 0 spiro atoms. The lowest BCUT2D eigenvalue weighted by molar-refractivity contribution is 0.0925. The van der Waals surface area contributed by atoms with E-state index >= 15 is 0 Å². The van der Waals surface area contributed by atoms with Crippen LogP contribution >= 0.6 is 35.6 Å². The van der Waals surface area contributed by atoms with Gasteiger partial charge in [-0.25, -0.2) is 0 Å². The van der Waals surface area contributed by atoms with E-state index in [1.54, 1.807) is 55.4 Å². The van der Waals surface area contributed by atoms with Crippen molar-refractivity contribution in [3.05, 3.63) is 95.5 Å². The predicted molar refractivity (Wildman–Crippen MR) is 190 cm³/mol. The molecule has 0 unspecified atom stereocenters. The fraction of sp³-hybridized carbons (Fsp3) is 0.125. The minimum atomic E-state index is -0.187. The quantitative estimate of drug-likeness (QED) is 0.131. The summed E-state index contributed by atoms with van der Waals surface area (Å²) in [6.45, 7) is 1.59. The molecular weight excluding hydrogens is 683 g/mol. The number of pyridine rings is 2. The number of nitrogens with zero attached hydrogens (tertiary/aromatic N) is 5. The predicted octanol–water partition coefficient (Wildman–Crippen LogP) is 7.36. The number of H-pyrrole nitrogens is 1. The Morgan fingerprint density at radius 1 is 0.958 bits per heavy atom. The molecule has 0 fully saturated rings. The second-order valence-electron chi connectivity index (χ2n) is 9.46. The van der Waals surface area contributed by atoms with E-state index in [2.05, 4.69) is 30.6 Å². The molecule has 0 aliphatic carbocycles. The third-order valence-corrected chi connectivity index (χ3v) is 7.29. The summed E-state index contributed by atoms with van der Waals surface area (Å²) in [7, 11) is 1.00. The number of aromatic nitrogens is 6. The van der Waals surface area contributed by atoms with Crippen LogP contribution in [0.15, 0.2) is 84.3 Å². The van der Waals surface area contributed by atoms with Gasteiger partial charge in [0.05, 0.1) is 57.1 Å². The highest BCUT2D eigenvalue weighted by Crippen LogP contribution is 2.33. The average molecular weight is 714 g/mol. The van der Waals surface area contributed by atoms with Crippen molar-refractivity contribution in [2.24, 2.45) is 0 Å². The van der Waals surface area contributed by atoms with Crippen molar-refractivity contribution in [2.75, 3.05) is 24.8 Å². The molecule has 0 radical (unpaired) electrons. The number of benzene rings is 2. The second-order valence-corrected chi connectivity index (χ2v) is 10.3. The molecule has 0 saturated heterocycles. The lowest BCUT2D eigenvalue weighted by Gasteiger charge is -2.06. The Labute approximate surface area is 290 Å².